The number of thiophene rings is 1. The molecular weight excluding hydrogens is 380 g/mol. The fraction of sp³-hybridized carbons (Fsp3) is 0.375. The zero-order valence-electron chi connectivity index (χ0n) is 17.8. The molecule has 0 amide bonds. The van der Waals surface area contributed by atoms with Crippen LogP contribution >= 0.6 is 11.3 Å². The third-order valence-corrected chi connectivity index (χ3v) is 6.81. The molecule has 0 spiro atoms. The Hall–Kier alpha value is -2.53. The number of carbonyl (C=O) groups excluding carboxylic acids is 1. The minimum atomic E-state index is -0.429. The number of rotatable bonds is 3. The first-order valence-electron chi connectivity index (χ1n) is 9.92. The van der Waals surface area contributed by atoms with Gasteiger partial charge in [0.05, 0.1) is 17.0 Å². The quantitative estimate of drug-likeness (QED) is 0.518. The molecule has 0 bridgehead atoms. The van der Waals surface area contributed by atoms with Crippen molar-refractivity contribution in [2.24, 2.45) is 10.4 Å². The maximum atomic E-state index is 12.9. The number of benzene rings is 1. The lowest BCUT2D eigenvalue weighted by atomic mass is 9.86. The minimum Gasteiger partial charge on any atom is -0.358 e. The summed E-state index contributed by atoms with van der Waals surface area (Å²) in [7, 11) is 0. The highest BCUT2D eigenvalue weighted by Gasteiger charge is 2.35. The van der Waals surface area contributed by atoms with Crippen molar-refractivity contribution in [2.45, 2.75) is 54.0 Å². The normalized spacial score (nSPS) is 16.1. The Balaban J connectivity index is 1.98. The predicted molar refractivity (Wildman–Crippen MR) is 118 cm³/mol. The summed E-state index contributed by atoms with van der Waals surface area (Å²) in [6.07, 6.45) is 0.300. The van der Waals surface area contributed by atoms with Crippen LogP contribution in [0.1, 0.15) is 66.3 Å². The Morgan fingerprint density at radius 3 is 2.45 bits per heavy atom. The van der Waals surface area contributed by atoms with Gasteiger partial charge in [0, 0.05) is 32.7 Å². The van der Waals surface area contributed by atoms with Crippen molar-refractivity contribution in [1.82, 2.24) is 5.16 Å². The summed E-state index contributed by atoms with van der Waals surface area (Å²) >= 11 is 1.75. The summed E-state index contributed by atoms with van der Waals surface area (Å²) in [4.78, 5) is 20.4. The van der Waals surface area contributed by atoms with Crippen LogP contribution in [0.2, 0.25) is 0 Å². The zero-order valence-corrected chi connectivity index (χ0v) is 18.6. The number of hydrogen-bond acceptors (Lipinski definition) is 5. The van der Waals surface area contributed by atoms with Crippen LogP contribution in [-0.4, -0.2) is 16.7 Å². The first kappa shape index (κ1) is 19.8. The van der Waals surface area contributed by atoms with Gasteiger partial charge in [-0.3, -0.25) is 9.79 Å². The van der Waals surface area contributed by atoms with Crippen LogP contribution in [0.15, 0.2) is 39.8 Å². The molecule has 150 valence electrons. The van der Waals surface area contributed by atoms with Crippen molar-refractivity contribution in [3.8, 4) is 10.4 Å². The Labute approximate surface area is 175 Å². The van der Waals surface area contributed by atoms with E-state index in [2.05, 4.69) is 31.1 Å². The minimum absolute atomic E-state index is 0.164. The summed E-state index contributed by atoms with van der Waals surface area (Å²) < 4.78 is 5.78. The molecule has 1 aromatic carbocycles. The summed E-state index contributed by atoms with van der Waals surface area (Å²) in [5.74, 6) is 0.866. The molecule has 29 heavy (non-hydrogen) atoms. The van der Waals surface area contributed by atoms with Gasteiger partial charge in [0.15, 0.2) is 5.76 Å². The van der Waals surface area contributed by atoms with Crippen molar-refractivity contribution in [3.05, 3.63) is 63.4 Å². The number of aryl methyl sites for hydroxylation is 2. The van der Waals surface area contributed by atoms with Crippen LogP contribution in [0.3, 0.4) is 0 Å². The number of nitrogens with zero attached hydrogens (tertiary/aromatic N) is 2. The number of aliphatic imine (C=N–C) groups is 1. The Morgan fingerprint density at radius 2 is 1.79 bits per heavy atom. The second-order valence-electron chi connectivity index (χ2n) is 8.73. The lowest BCUT2D eigenvalue weighted by Gasteiger charge is -2.19. The molecule has 0 saturated heterocycles. The van der Waals surface area contributed by atoms with E-state index in [0.717, 1.165) is 33.0 Å². The van der Waals surface area contributed by atoms with Gasteiger partial charge in [0.1, 0.15) is 11.8 Å². The lowest BCUT2D eigenvalue weighted by Crippen LogP contribution is -2.22. The molecule has 5 heteroatoms. The smallest absolute Gasteiger partial charge is 0.170 e. The van der Waals surface area contributed by atoms with Crippen molar-refractivity contribution in [1.29, 1.82) is 0 Å². The van der Waals surface area contributed by atoms with E-state index in [9.17, 15) is 4.79 Å². The largest absolute Gasteiger partial charge is 0.358 e. The molecule has 3 aromatic rings. The molecule has 0 N–H and O–H groups in total. The van der Waals surface area contributed by atoms with Crippen LogP contribution in [0, 0.1) is 26.2 Å². The molecule has 1 aliphatic heterocycles. The Morgan fingerprint density at radius 1 is 1.10 bits per heavy atom. The Bertz CT molecular complexity index is 1110. The molecule has 3 heterocycles. The fourth-order valence-electron chi connectivity index (χ4n) is 3.69. The van der Waals surface area contributed by atoms with Crippen LogP contribution in [0.4, 0.5) is 0 Å². The summed E-state index contributed by atoms with van der Waals surface area (Å²) in [6.45, 7) is 12.1. The van der Waals surface area contributed by atoms with Gasteiger partial charge >= 0.3 is 0 Å². The standard InChI is InChI=1S/C24H26N2O2S/c1-13-15(3)29-23-19(13)21(16-10-8-7-9-11-16)25-17(12-18(27)24(4,5)6)22-20(23)14(2)26-28-22/h7-11,17H,12H2,1-6H3/t17-/m0/s1. The molecule has 1 aliphatic rings. The molecule has 0 saturated carbocycles. The summed E-state index contributed by atoms with van der Waals surface area (Å²) in [5, 5.41) is 4.25. The number of Topliss-reactive ketones (excluding diaryl/α,β-unsaturated/α-hetero) is 1. The highest BCUT2D eigenvalue weighted by molar-refractivity contribution is 7.16. The molecule has 0 radical (unpaired) electrons. The summed E-state index contributed by atoms with van der Waals surface area (Å²) in [5.41, 5.74) is 5.77. The SMILES string of the molecule is Cc1noc2c1-c1sc(C)c(C)c1C(c1ccccc1)=N[C@H]2CC(=O)C(C)(C)C. The average Bonchev–Trinajstić information content (AvgIpc) is 3.14. The topological polar surface area (TPSA) is 55.5 Å². The van der Waals surface area contributed by atoms with E-state index < -0.39 is 5.41 Å². The van der Waals surface area contributed by atoms with Crippen molar-refractivity contribution < 1.29 is 9.32 Å². The number of ketones is 1. The number of hydrogen-bond donors (Lipinski definition) is 0. The van der Waals surface area contributed by atoms with Crippen LogP contribution < -0.4 is 0 Å². The fourth-order valence-corrected chi connectivity index (χ4v) is 4.96. The monoisotopic (exact) mass is 406 g/mol. The van der Waals surface area contributed by atoms with Gasteiger partial charge in [-0.25, -0.2) is 0 Å². The van der Waals surface area contributed by atoms with E-state index >= 15 is 0 Å². The van der Waals surface area contributed by atoms with Gasteiger partial charge in [0.25, 0.3) is 0 Å². The van der Waals surface area contributed by atoms with E-state index in [1.807, 2.05) is 45.9 Å². The number of fused-ring (bicyclic) bond motifs is 3. The Kier molecular flexibility index (Phi) is 4.82. The maximum Gasteiger partial charge on any atom is 0.170 e. The van der Waals surface area contributed by atoms with E-state index in [1.165, 1.54) is 10.4 Å². The van der Waals surface area contributed by atoms with E-state index in [4.69, 9.17) is 9.52 Å². The van der Waals surface area contributed by atoms with Gasteiger partial charge in [0.2, 0.25) is 0 Å². The molecule has 1 atom stereocenters. The van der Waals surface area contributed by atoms with E-state index in [0.29, 0.717) is 12.2 Å². The molecule has 4 nitrogen and oxygen atoms in total. The van der Waals surface area contributed by atoms with Crippen LogP contribution in [0.25, 0.3) is 10.4 Å². The van der Waals surface area contributed by atoms with Gasteiger partial charge in [-0.1, -0.05) is 56.3 Å². The van der Waals surface area contributed by atoms with Crippen LogP contribution in [-0.2, 0) is 4.79 Å². The lowest BCUT2D eigenvalue weighted by molar-refractivity contribution is -0.126. The van der Waals surface area contributed by atoms with Gasteiger partial charge in [-0.15, -0.1) is 11.3 Å². The van der Waals surface area contributed by atoms with Crippen molar-refractivity contribution >= 4 is 22.8 Å². The second kappa shape index (κ2) is 7.06. The number of aromatic nitrogens is 1. The highest BCUT2D eigenvalue weighted by atomic mass is 32.1. The van der Waals surface area contributed by atoms with Gasteiger partial charge < -0.3 is 4.52 Å². The third kappa shape index (κ3) is 3.38. The second-order valence-corrected chi connectivity index (χ2v) is 9.96. The highest BCUT2D eigenvalue weighted by Crippen LogP contribution is 2.46. The molecule has 0 aliphatic carbocycles. The van der Waals surface area contributed by atoms with Crippen molar-refractivity contribution in [2.75, 3.05) is 0 Å². The van der Waals surface area contributed by atoms with Crippen molar-refractivity contribution in [3.63, 3.8) is 0 Å². The van der Waals surface area contributed by atoms with E-state index in [1.54, 1.807) is 11.3 Å². The van der Waals surface area contributed by atoms with Gasteiger partial charge in [-0.05, 0) is 26.3 Å². The maximum absolute atomic E-state index is 12.9. The number of carbonyl (C=O) groups is 1. The van der Waals surface area contributed by atoms with Crippen LogP contribution in [0.5, 0.6) is 0 Å². The zero-order chi connectivity index (χ0) is 20.9. The molecule has 0 unspecified atom stereocenters. The first-order chi connectivity index (χ1) is 13.7. The average molecular weight is 407 g/mol. The van der Waals surface area contributed by atoms with E-state index in [-0.39, 0.29) is 11.8 Å². The first-order valence-corrected chi connectivity index (χ1v) is 10.7. The molecular formula is C24H26N2O2S. The summed E-state index contributed by atoms with van der Waals surface area (Å²) in [6, 6.07) is 9.83. The third-order valence-electron chi connectivity index (χ3n) is 5.59. The molecule has 4 rings (SSSR count). The molecule has 2 aromatic heterocycles. The van der Waals surface area contributed by atoms with Gasteiger partial charge in [-0.2, -0.15) is 0 Å². The predicted octanol–water partition coefficient (Wildman–Crippen LogP) is 6.23. The molecule has 0 fully saturated rings.